The summed E-state index contributed by atoms with van der Waals surface area (Å²) in [5.74, 6) is -0.690. The Morgan fingerprint density at radius 2 is 1.77 bits per heavy atom. The van der Waals surface area contributed by atoms with Crippen LogP contribution in [0.2, 0.25) is 0 Å². The molecule has 0 bridgehead atoms. The van der Waals surface area contributed by atoms with E-state index in [-0.39, 0.29) is 11.1 Å². The number of aromatic nitrogens is 2. The quantitative estimate of drug-likeness (QED) is 0.506. The molecule has 1 aromatic heterocycles. The van der Waals surface area contributed by atoms with Gasteiger partial charge in [0, 0.05) is 11.3 Å². The van der Waals surface area contributed by atoms with Gasteiger partial charge in [0.1, 0.15) is 6.33 Å². The van der Waals surface area contributed by atoms with Crippen LogP contribution in [0.4, 0.5) is 18.9 Å². The number of aryl methyl sites for hydroxylation is 1. The Kier molecular flexibility index (Phi) is 5.06. The molecule has 31 heavy (non-hydrogen) atoms. The number of nitrogens with zero attached hydrogens (tertiary/aromatic N) is 2. The lowest BCUT2D eigenvalue weighted by Crippen LogP contribution is -2.20. The van der Waals surface area contributed by atoms with Crippen molar-refractivity contribution in [3.05, 3.63) is 100 Å². The zero-order valence-electron chi connectivity index (χ0n) is 16.3. The summed E-state index contributed by atoms with van der Waals surface area (Å²) in [6.45, 7) is 1.80. The number of hydrogen-bond acceptors (Lipinski definition) is 3. The number of rotatable bonds is 3. The van der Waals surface area contributed by atoms with Crippen molar-refractivity contribution in [1.82, 2.24) is 9.55 Å². The van der Waals surface area contributed by atoms with Crippen LogP contribution in [-0.2, 0) is 6.18 Å². The molecule has 0 radical (unpaired) electrons. The summed E-state index contributed by atoms with van der Waals surface area (Å²) >= 11 is 0. The number of fused-ring (bicyclic) bond motifs is 1. The Balaban J connectivity index is 1.69. The monoisotopic (exact) mass is 423 g/mol. The molecule has 0 atom stereocenters. The van der Waals surface area contributed by atoms with Gasteiger partial charge in [0.05, 0.1) is 22.2 Å². The smallest absolute Gasteiger partial charge is 0.322 e. The Bertz CT molecular complexity index is 1360. The van der Waals surface area contributed by atoms with Crippen LogP contribution in [0.25, 0.3) is 16.6 Å². The molecular formula is C23H16F3N3O2. The highest BCUT2D eigenvalue weighted by Gasteiger charge is 2.30. The summed E-state index contributed by atoms with van der Waals surface area (Å²) in [6, 6.07) is 16.0. The van der Waals surface area contributed by atoms with Gasteiger partial charge in [-0.15, -0.1) is 0 Å². The minimum absolute atomic E-state index is 0.124. The first kappa shape index (κ1) is 20.3. The van der Waals surface area contributed by atoms with Crippen LogP contribution < -0.4 is 10.9 Å². The van der Waals surface area contributed by atoms with Crippen molar-refractivity contribution in [3.8, 4) is 5.69 Å². The lowest BCUT2D eigenvalue weighted by molar-refractivity contribution is -0.137. The van der Waals surface area contributed by atoms with Gasteiger partial charge in [0.2, 0.25) is 0 Å². The van der Waals surface area contributed by atoms with Crippen molar-refractivity contribution < 1.29 is 18.0 Å². The fourth-order valence-corrected chi connectivity index (χ4v) is 3.23. The van der Waals surface area contributed by atoms with Crippen LogP contribution in [-0.4, -0.2) is 15.5 Å². The topological polar surface area (TPSA) is 64.0 Å². The van der Waals surface area contributed by atoms with Gasteiger partial charge in [-0.25, -0.2) is 4.98 Å². The molecule has 8 heteroatoms. The number of halogens is 3. The predicted octanol–water partition coefficient (Wildman–Crippen LogP) is 4.97. The molecule has 0 spiro atoms. The lowest BCUT2D eigenvalue weighted by Gasteiger charge is -2.13. The molecule has 4 aromatic rings. The molecule has 156 valence electrons. The van der Waals surface area contributed by atoms with Crippen LogP contribution in [0.1, 0.15) is 21.5 Å². The number of carbonyl (C=O) groups excluding carboxylic acids is 1. The Morgan fingerprint density at radius 1 is 1.00 bits per heavy atom. The Morgan fingerprint density at radius 3 is 2.55 bits per heavy atom. The zero-order valence-corrected chi connectivity index (χ0v) is 16.3. The van der Waals surface area contributed by atoms with E-state index in [1.807, 2.05) is 0 Å². The second-order valence-electron chi connectivity index (χ2n) is 6.97. The fraction of sp³-hybridized carbons (Fsp3) is 0.0870. The normalized spacial score (nSPS) is 11.5. The molecule has 0 saturated heterocycles. The van der Waals surface area contributed by atoms with Gasteiger partial charge in [-0.3, -0.25) is 14.2 Å². The van der Waals surface area contributed by atoms with Gasteiger partial charge < -0.3 is 5.32 Å². The van der Waals surface area contributed by atoms with Gasteiger partial charge in [-0.2, -0.15) is 13.2 Å². The number of alkyl halides is 3. The largest absolute Gasteiger partial charge is 0.416 e. The van der Waals surface area contributed by atoms with Crippen molar-refractivity contribution in [2.75, 3.05) is 5.32 Å². The van der Waals surface area contributed by atoms with E-state index in [0.717, 1.165) is 17.7 Å². The number of carbonyl (C=O) groups is 1. The van der Waals surface area contributed by atoms with Crippen molar-refractivity contribution in [1.29, 1.82) is 0 Å². The maximum atomic E-state index is 12.9. The van der Waals surface area contributed by atoms with E-state index in [1.54, 1.807) is 49.4 Å². The van der Waals surface area contributed by atoms with Gasteiger partial charge >= 0.3 is 6.18 Å². The molecule has 0 aliphatic heterocycles. The van der Waals surface area contributed by atoms with E-state index < -0.39 is 17.6 Å². The summed E-state index contributed by atoms with van der Waals surface area (Å²) in [5.41, 5.74) is 0.870. The van der Waals surface area contributed by atoms with Crippen LogP contribution in [0.15, 0.2) is 77.9 Å². The highest BCUT2D eigenvalue weighted by Crippen LogP contribution is 2.29. The van der Waals surface area contributed by atoms with Crippen LogP contribution in [0.5, 0.6) is 0 Å². The zero-order chi connectivity index (χ0) is 22.2. The molecule has 1 heterocycles. The third kappa shape index (κ3) is 4.05. The number of nitrogens with one attached hydrogen (secondary N) is 1. The first-order chi connectivity index (χ1) is 14.7. The molecule has 1 N–H and O–H groups in total. The Hall–Kier alpha value is -3.94. The van der Waals surface area contributed by atoms with Crippen LogP contribution in [0.3, 0.4) is 0 Å². The predicted molar refractivity (Wildman–Crippen MR) is 111 cm³/mol. The van der Waals surface area contributed by atoms with E-state index >= 15 is 0 Å². The average molecular weight is 423 g/mol. The van der Waals surface area contributed by atoms with E-state index in [1.165, 1.54) is 23.0 Å². The molecule has 0 saturated carbocycles. The summed E-state index contributed by atoms with van der Waals surface area (Å²) < 4.78 is 40.1. The highest BCUT2D eigenvalue weighted by molar-refractivity contribution is 6.04. The van der Waals surface area contributed by atoms with Crippen molar-refractivity contribution in [3.63, 3.8) is 0 Å². The maximum Gasteiger partial charge on any atom is 0.416 e. The van der Waals surface area contributed by atoms with Gasteiger partial charge in [-0.05, 0) is 55.0 Å². The summed E-state index contributed by atoms with van der Waals surface area (Å²) in [5, 5.41) is 3.04. The Labute approximate surface area is 174 Å². The van der Waals surface area contributed by atoms with Crippen molar-refractivity contribution in [2.24, 2.45) is 0 Å². The van der Waals surface area contributed by atoms with Gasteiger partial charge in [0.15, 0.2) is 0 Å². The second kappa shape index (κ2) is 7.71. The van der Waals surface area contributed by atoms with Crippen molar-refractivity contribution in [2.45, 2.75) is 13.1 Å². The second-order valence-corrected chi connectivity index (χ2v) is 6.97. The molecule has 0 fully saturated rings. The number of hydrogen-bond donors (Lipinski definition) is 1. The summed E-state index contributed by atoms with van der Waals surface area (Å²) in [4.78, 5) is 29.7. The molecule has 5 nitrogen and oxygen atoms in total. The van der Waals surface area contributed by atoms with E-state index in [0.29, 0.717) is 22.3 Å². The molecule has 0 aliphatic carbocycles. The number of amides is 1. The van der Waals surface area contributed by atoms with E-state index in [2.05, 4.69) is 10.3 Å². The van der Waals surface area contributed by atoms with E-state index in [4.69, 9.17) is 0 Å². The summed E-state index contributed by atoms with van der Waals surface area (Å²) in [6.07, 6.45) is -3.14. The number of benzene rings is 3. The summed E-state index contributed by atoms with van der Waals surface area (Å²) in [7, 11) is 0. The van der Waals surface area contributed by atoms with Crippen LogP contribution >= 0.6 is 0 Å². The molecule has 3 aromatic carbocycles. The minimum Gasteiger partial charge on any atom is -0.322 e. The lowest BCUT2D eigenvalue weighted by atomic mass is 10.1. The first-order valence-electron chi connectivity index (χ1n) is 9.30. The number of para-hydroxylation sites is 1. The van der Waals surface area contributed by atoms with Crippen LogP contribution in [0, 0.1) is 6.92 Å². The standard InChI is InChI=1S/C23H16F3N3O2/c1-14-9-10-17(28-21(30)15-5-4-6-16(11-15)23(24,25)26)12-20(14)29-13-27-19-8-3-2-7-18(19)22(29)31/h2-13H,1H3,(H,28,30). The van der Waals surface area contributed by atoms with Gasteiger partial charge in [-0.1, -0.05) is 24.3 Å². The van der Waals surface area contributed by atoms with Gasteiger partial charge in [0.25, 0.3) is 11.5 Å². The first-order valence-corrected chi connectivity index (χ1v) is 9.30. The minimum atomic E-state index is -4.54. The molecule has 0 aliphatic rings. The maximum absolute atomic E-state index is 12.9. The average Bonchev–Trinajstić information content (AvgIpc) is 2.75. The third-order valence-electron chi connectivity index (χ3n) is 4.84. The molecule has 1 amide bonds. The fourth-order valence-electron chi connectivity index (χ4n) is 3.23. The number of anilines is 1. The highest BCUT2D eigenvalue weighted by atomic mass is 19.4. The SMILES string of the molecule is Cc1ccc(NC(=O)c2cccc(C(F)(F)F)c2)cc1-n1cnc2ccccc2c1=O. The molecule has 4 rings (SSSR count). The molecule has 0 unspecified atom stereocenters. The van der Waals surface area contributed by atoms with Crippen molar-refractivity contribution >= 4 is 22.5 Å². The third-order valence-corrected chi connectivity index (χ3v) is 4.84. The molecular weight excluding hydrogens is 407 g/mol. The van der Waals surface area contributed by atoms with E-state index in [9.17, 15) is 22.8 Å².